The molecule has 1 rings (SSSR count). The van der Waals surface area contributed by atoms with E-state index in [0.717, 1.165) is 0 Å². The third-order valence-corrected chi connectivity index (χ3v) is 4.99. The van der Waals surface area contributed by atoms with Crippen molar-refractivity contribution in [2.24, 2.45) is 0 Å². The van der Waals surface area contributed by atoms with E-state index in [1.54, 1.807) is 0 Å². The summed E-state index contributed by atoms with van der Waals surface area (Å²) in [6.45, 7) is 3.80. The van der Waals surface area contributed by atoms with Gasteiger partial charge in [-0.1, -0.05) is 19.6 Å². The zero-order valence-electron chi connectivity index (χ0n) is 9.16. The molecule has 0 bridgehead atoms. The van der Waals surface area contributed by atoms with Crippen molar-refractivity contribution in [1.82, 2.24) is 0 Å². The van der Waals surface area contributed by atoms with Crippen molar-refractivity contribution >= 4 is 14.0 Å². The number of carbonyl (C=O) groups is 1. The first-order valence-electron chi connectivity index (χ1n) is 4.61. The molecule has 0 aromatic rings. The number of ether oxygens (including phenoxy) is 1. The highest BCUT2D eigenvalue weighted by atomic mass is 28.3. The van der Waals surface area contributed by atoms with E-state index in [4.69, 9.17) is 0 Å². The number of alkyl halides is 6. The van der Waals surface area contributed by atoms with Gasteiger partial charge in [-0.05, 0) is 0 Å². The largest absolute Gasteiger partial charge is 0.439 e. The van der Waals surface area contributed by atoms with E-state index in [2.05, 4.69) is 4.74 Å². The van der Waals surface area contributed by atoms with Crippen molar-refractivity contribution in [2.75, 3.05) is 0 Å². The maximum absolute atomic E-state index is 12.6. The number of hydrogen-bond donors (Lipinski definition) is 0. The molecule has 0 amide bonds. The lowest BCUT2D eigenvalue weighted by molar-refractivity contribution is -0.393. The lowest BCUT2D eigenvalue weighted by Gasteiger charge is -2.52. The molecular weight excluding hydrogens is 270 g/mol. The highest BCUT2D eigenvalue weighted by Gasteiger charge is 2.86. The Morgan fingerprint density at radius 3 is 1.53 bits per heavy atom. The fourth-order valence-corrected chi connectivity index (χ4v) is 4.32. The quantitative estimate of drug-likeness (QED) is 0.419. The normalized spacial score (nSPS) is 25.2. The first-order chi connectivity index (χ1) is 7.25. The highest BCUT2D eigenvalue weighted by Crippen LogP contribution is 2.61. The van der Waals surface area contributed by atoms with Crippen LogP contribution in [0.15, 0.2) is 0 Å². The Balaban J connectivity index is 3.35. The van der Waals surface area contributed by atoms with Crippen LogP contribution in [0.1, 0.15) is 0 Å². The van der Waals surface area contributed by atoms with E-state index in [1.807, 2.05) is 0 Å². The lowest BCUT2D eigenvalue weighted by Crippen LogP contribution is -2.75. The minimum absolute atomic E-state index is 1.27. The van der Waals surface area contributed by atoms with Gasteiger partial charge < -0.3 is 4.74 Å². The van der Waals surface area contributed by atoms with Crippen molar-refractivity contribution in [3.8, 4) is 0 Å². The van der Waals surface area contributed by atoms with Crippen LogP contribution in [-0.4, -0.2) is 32.0 Å². The Kier molecular flexibility index (Phi) is 2.86. The Labute approximate surface area is 93.9 Å². The molecule has 17 heavy (non-hydrogen) atoms. The van der Waals surface area contributed by atoms with Crippen molar-refractivity contribution < 1.29 is 35.9 Å². The van der Waals surface area contributed by atoms with Crippen LogP contribution in [0.3, 0.4) is 0 Å². The summed E-state index contributed by atoms with van der Waals surface area (Å²) in [6, 6.07) is 0. The molecule has 1 fully saturated rings. The third-order valence-electron chi connectivity index (χ3n) is 2.61. The van der Waals surface area contributed by atoms with Crippen molar-refractivity contribution in [1.29, 1.82) is 0 Å². The third kappa shape index (κ3) is 1.84. The summed E-state index contributed by atoms with van der Waals surface area (Å²) in [4.78, 5) is 11.0. The number of esters is 1. The van der Waals surface area contributed by atoms with Crippen LogP contribution in [-0.2, 0) is 9.53 Å². The minimum Gasteiger partial charge on any atom is -0.439 e. The average molecular weight is 280 g/mol. The molecule has 0 aromatic carbocycles. The molecule has 1 atom stereocenters. The lowest BCUT2D eigenvalue weighted by atomic mass is 9.91. The van der Waals surface area contributed by atoms with Gasteiger partial charge in [-0.3, -0.25) is 4.79 Å². The molecule has 1 aliphatic heterocycles. The van der Waals surface area contributed by atoms with Gasteiger partial charge in [0, 0.05) is 0 Å². The molecule has 1 aliphatic rings. The Morgan fingerprint density at radius 2 is 1.41 bits per heavy atom. The van der Waals surface area contributed by atoms with Gasteiger partial charge in [0.05, 0.1) is 8.07 Å². The maximum Gasteiger partial charge on any atom is 0.438 e. The van der Waals surface area contributed by atoms with Crippen LogP contribution in [0.5, 0.6) is 0 Å². The molecule has 1 unspecified atom stereocenters. The predicted octanol–water partition coefficient (Wildman–Crippen LogP) is 3.12. The van der Waals surface area contributed by atoms with Crippen LogP contribution >= 0.6 is 0 Å². The Bertz CT molecular complexity index is 325. The van der Waals surface area contributed by atoms with E-state index in [0.29, 0.717) is 0 Å². The Morgan fingerprint density at radius 1 is 1.06 bits per heavy atom. The van der Waals surface area contributed by atoms with Crippen molar-refractivity contribution in [3.63, 3.8) is 0 Å². The van der Waals surface area contributed by atoms with Crippen LogP contribution in [0, 0.1) is 0 Å². The topological polar surface area (TPSA) is 26.3 Å². The van der Waals surface area contributed by atoms with E-state index in [9.17, 15) is 31.1 Å². The van der Waals surface area contributed by atoms with Crippen LogP contribution in [0.2, 0.25) is 25.2 Å². The number of hydrogen-bond acceptors (Lipinski definition) is 2. The highest BCUT2D eigenvalue weighted by molar-refractivity contribution is 6.81. The summed E-state index contributed by atoms with van der Waals surface area (Å²) in [7, 11) is -3.01. The van der Waals surface area contributed by atoms with Crippen molar-refractivity contribution in [2.45, 2.75) is 43.1 Å². The fraction of sp³-hybridized carbons (Fsp3) is 0.875. The second kappa shape index (κ2) is 3.39. The summed E-state index contributed by atoms with van der Waals surface area (Å²) in [5.41, 5.74) is -6.46. The molecule has 9 heteroatoms. The number of cyclic esters (lactones) is 1. The molecule has 1 saturated heterocycles. The first-order valence-corrected chi connectivity index (χ1v) is 8.19. The molecule has 0 spiro atoms. The minimum atomic E-state index is -5.65. The predicted molar refractivity (Wildman–Crippen MR) is 48.0 cm³/mol. The molecule has 0 aliphatic carbocycles. The summed E-state index contributed by atoms with van der Waals surface area (Å²) in [6.07, 6.45) is -11.3. The second-order valence-electron chi connectivity index (χ2n) is 4.95. The van der Waals surface area contributed by atoms with Gasteiger partial charge in [0.1, 0.15) is 5.54 Å². The van der Waals surface area contributed by atoms with E-state index < -0.39 is 37.5 Å². The van der Waals surface area contributed by atoms with Gasteiger partial charge >= 0.3 is 23.9 Å². The zero-order chi connectivity index (χ0) is 13.9. The molecule has 0 radical (unpaired) electrons. The maximum atomic E-state index is 12.6. The summed E-state index contributed by atoms with van der Waals surface area (Å²) >= 11 is 0. The average Bonchev–Trinajstić information content (AvgIpc) is 1.89. The van der Waals surface area contributed by atoms with Gasteiger partial charge in [-0.25, -0.2) is 0 Å². The number of carbonyl (C=O) groups excluding carboxylic acids is 1. The summed E-state index contributed by atoms with van der Waals surface area (Å²) < 4.78 is 79.3. The molecule has 2 nitrogen and oxygen atoms in total. The molecule has 0 aromatic heterocycles. The SMILES string of the molecule is C[Si](C)(C)C1C(=O)OC1(C(F)(F)F)C(F)(F)F. The standard InChI is InChI=1S/C8H10F6O2Si/c1-17(2,3)4-5(15)16-6(4,7(9,10)11)8(12,13)14/h4H,1-3H3. The summed E-state index contributed by atoms with van der Waals surface area (Å²) in [5, 5.41) is 0. The van der Waals surface area contributed by atoms with E-state index in [1.165, 1.54) is 19.6 Å². The molecular formula is C8H10F6O2Si. The molecule has 100 valence electrons. The van der Waals surface area contributed by atoms with Crippen molar-refractivity contribution in [3.05, 3.63) is 0 Å². The van der Waals surface area contributed by atoms with Gasteiger partial charge in [-0.15, -0.1) is 0 Å². The van der Waals surface area contributed by atoms with Gasteiger partial charge in [0.15, 0.2) is 0 Å². The molecule has 0 saturated carbocycles. The second-order valence-corrected chi connectivity index (χ2v) is 10.3. The van der Waals surface area contributed by atoms with Crippen LogP contribution in [0.4, 0.5) is 26.3 Å². The summed E-state index contributed by atoms with van der Waals surface area (Å²) in [5.74, 6) is -1.42. The van der Waals surface area contributed by atoms with Gasteiger partial charge in [-0.2, -0.15) is 26.3 Å². The molecule has 0 N–H and O–H groups in total. The molecule has 1 heterocycles. The zero-order valence-corrected chi connectivity index (χ0v) is 10.2. The van der Waals surface area contributed by atoms with Gasteiger partial charge in [0.2, 0.25) is 0 Å². The van der Waals surface area contributed by atoms with Gasteiger partial charge in [0.25, 0.3) is 0 Å². The number of rotatable bonds is 1. The smallest absolute Gasteiger partial charge is 0.438 e. The fourth-order valence-electron chi connectivity index (χ4n) is 1.95. The first kappa shape index (κ1) is 14.3. The number of halogens is 6. The Hall–Kier alpha value is -0.733. The van der Waals surface area contributed by atoms with E-state index in [-0.39, 0.29) is 0 Å². The van der Waals surface area contributed by atoms with Crippen LogP contribution < -0.4 is 0 Å². The monoisotopic (exact) mass is 280 g/mol. The van der Waals surface area contributed by atoms with Crippen LogP contribution in [0.25, 0.3) is 0 Å². The van der Waals surface area contributed by atoms with E-state index >= 15 is 0 Å².